The van der Waals surface area contributed by atoms with Crippen molar-refractivity contribution in [3.05, 3.63) is 29.3 Å². The lowest BCUT2D eigenvalue weighted by atomic mass is 10.1. The summed E-state index contributed by atoms with van der Waals surface area (Å²) >= 11 is 0. The van der Waals surface area contributed by atoms with Crippen LogP contribution in [0.2, 0.25) is 0 Å². The second-order valence-electron chi connectivity index (χ2n) is 3.43. The Kier molecular flexibility index (Phi) is 4.07. The van der Waals surface area contributed by atoms with Crippen molar-refractivity contribution in [2.45, 2.75) is 26.7 Å². The molecule has 0 N–H and O–H groups in total. The zero-order valence-electron chi connectivity index (χ0n) is 8.84. The van der Waals surface area contributed by atoms with E-state index in [0.29, 0.717) is 6.61 Å². The van der Waals surface area contributed by atoms with Crippen molar-refractivity contribution in [2.75, 3.05) is 6.61 Å². The van der Waals surface area contributed by atoms with Crippen molar-refractivity contribution < 1.29 is 4.74 Å². The van der Waals surface area contributed by atoms with E-state index in [1.54, 1.807) is 0 Å². The van der Waals surface area contributed by atoms with Crippen LogP contribution in [0.25, 0.3) is 0 Å². The summed E-state index contributed by atoms with van der Waals surface area (Å²) in [5, 5.41) is 0. The van der Waals surface area contributed by atoms with E-state index in [4.69, 9.17) is 11.2 Å². The minimum atomic E-state index is 0.703. The van der Waals surface area contributed by atoms with E-state index in [2.05, 4.69) is 38.0 Å². The fourth-order valence-corrected chi connectivity index (χ4v) is 1.22. The molecule has 0 aliphatic rings. The molecule has 1 nitrogen and oxygen atoms in total. The topological polar surface area (TPSA) is 9.23 Å². The van der Waals surface area contributed by atoms with Crippen LogP contribution in [0, 0.1) is 26.2 Å². The molecular formula is C13H16O. The van der Waals surface area contributed by atoms with Crippen LogP contribution >= 0.6 is 0 Å². The molecular weight excluding hydrogens is 172 g/mol. The van der Waals surface area contributed by atoms with Crippen molar-refractivity contribution in [2.24, 2.45) is 0 Å². The number of rotatable bonds is 4. The lowest BCUT2D eigenvalue weighted by Crippen LogP contribution is -1.98. The molecule has 0 heterocycles. The Balaban J connectivity index is 2.50. The summed E-state index contributed by atoms with van der Waals surface area (Å²) in [7, 11) is 0. The molecule has 1 heteroatoms. The summed E-state index contributed by atoms with van der Waals surface area (Å²) in [6, 6.07) is 6.22. The largest absolute Gasteiger partial charge is 0.493 e. The zero-order chi connectivity index (χ0) is 10.4. The Morgan fingerprint density at radius 2 is 2.14 bits per heavy atom. The summed E-state index contributed by atoms with van der Waals surface area (Å²) in [6.07, 6.45) is 6.86. The van der Waals surface area contributed by atoms with E-state index >= 15 is 0 Å². The molecule has 0 fully saturated rings. The highest BCUT2D eigenvalue weighted by Gasteiger charge is 1.98. The van der Waals surface area contributed by atoms with Gasteiger partial charge in [0, 0.05) is 6.42 Å². The molecule has 14 heavy (non-hydrogen) atoms. The second kappa shape index (κ2) is 5.34. The van der Waals surface area contributed by atoms with Crippen LogP contribution < -0.4 is 4.74 Å². The lowest BCUT2D eigenvalue weighted by molar-refractivity contribution is 0.310. The Morgan fingerprint density at radius 3 is 2.86 bits per heavy atom. The van der Waals surface area contributed by atoms with Crippen LogP contribution in [-0.4, -0.2) is 6.61 Å². The van der Waals surface area contributed by atoms with E-state index in [1.165, 1.54) is 11.1 Å². The van der Waals surface area contributed by atoms with Gasteiger partial charge in [-0.3, -0.25) is 0 Å². The maximum absolute atomic E-state index is 5.62. The van der Waals surface area contributed by atoms with Crippen LogP contribution in [0.4, 0.5) is 0 Å². The number of hydrogen-bond donors (Lipinski definition) is 0. The van der Waals surface area contributed by atoms with Gasteiger partial charge < -0.3 is 4.74 Å². The van der Waals surface area contributed by atoms with Gasteiger partial charge >= 0.3 is 0 Å². The Morgan fingerprint density at radius 1 is 1.36 bits per heavy atom. The van der Waals surface area contributed by atoms with Gasteiger partial charge in [0.2, 0.25) is 0 Å². The molecule has 0 amide bonds. The number of hydrogen-bond acceptors (Lipinski definition) is 1. The number of ether oxygens (including phenoxy) is 1. The number of benzene rings is 1. The van der Waals surface area contributed by atoms with Gasteiger partial charge in [-0.05, 0) is 37.5 Å². The molecule has 0 spiro atoms. The molecule has 0 aliphatic carbocycles. The van der Waals surface area contributed by atoms with Crippen molar-refractivity contribution in [1.29, 1.82) is 0 Å². The summed E-state index contributed by atoms with van der Waals surface area (Å²) in [4.78, 5) is 0. The molecule has 0 unspecified atom stereocenters. The first-order valence-electron chi connectivity index (χ1n) is 4.87. The zero-order valence-corrected chi connectivity index (χ0v) is 8.84. The quantitative estimate of drug-likeness (QED) is 0.521. The fraction of sp³-hybridized carbons (Fsp3) is 0.385. The Hall–Kier alpha value is -1.42. The number of terminal acetylenes is 1. The van der Waals surface area contributed by atoms with Crippen molar-refractivity contribution in [3.63, 3.8) is 0 Å². The number of unbranched alkanes of at least 4 members (excludes halogenated alkanes) is 1. The number of aryl methyl sites for hydroxylation is 2. The van der Waals surface area contributed by atoms with Crippen LogP contribution in [0.1, 0.15) is 24.0 Å². The third-order valence-electron chi connectivity index (χ3n) is 2.07. The van der Waals surface area contributed by atoms with Gasteiger partial charge in [-0.2, -0.15) is 0 Å². The normalized spacial score (nSPS) is 9.50. The van der Waals surface area contributed by atoms with Crippen LogP contribution in [0.3, 0.4) is 0 Å². The van der Waals surface area contributed by atoms with Crippen molar-refractivity contribution in [3.8, 4) is 18.1 Å². The molecule has 0 aromatic heterocycles. The summed E-state index contributed by atoms with van der Waals surface area (Å²) in [5.41, 5.74) is 2.40. The first kappa shape index (κ1) is 10.7. The maximum atomic E-state index is 5.62. The van der Waals surface area contributed by atoms with E-state index < -0.39 is 0 Å². The average molecular weight is 188 g/mol. The van der Waals surface area contributed by atoms with E-state index in [9.17, 15) is 0 Å². The Bertz CT molecular complexity index is 334. The minimum absolute atomic E-state index is 0.703. The standard InChI is InChI=1S/C13H16O/c1-4-5-6-9-14-13-10-11(2)7-8-12(13)3/h1,7-8,10H,5-6,9H2,2-3H3. The maximum Gasteiger partial charge on any atom is 0.122 e. The molecule has 0 saturated carbocycles. The van der Waals surface area contributed by atoms with Crippen LogP contribution in [0.15, 0.2) is 18.2 Å². The highest BCUT2D eigenvalue weighted by atomic mass is 16.5. The van der Waals surface area contributed by atoms with Gasteiger partial charge in [0.25, 0.3) is 0 Å². The third-order valence-corrected chi connectivity index (χ3v) is 2.07. The SMILES string of the molecule is C#CCCCOc1cc(C)ccc1C. The minimum Gasteiger partial charge on any atom is -0.493 e. The second-order valence-corrected chi connectivity index (χ2v) is 3.43. The summed E-state index contributed by atoms with van der Waals surface area (Å²) < 4.78 is 5.62. The molecule has 0 aliphatic heterocycles. The fourth-order valence-electron chi connectivity index (χ4n) is 1.22. The van der Waals surface area contributed by atoms with E-state index in [1.807, 2.05) is 0 Å². The van der Waals surface area contributed by atoms with Gasteiger partial charge in [0.05, 0.1) is 6.61 Å². The molecule has 74 valence electrons. The molecule has 1 rings (SSSR count). The van der Waals surface area contributed by atoms with Gasteiger partial charge in [-0.25, -0.2) is 0 Å². The van der Waals surface area contributed by atoms with E-state index in [0.717, 1.165) is 18.6 Å². The predicted molar refractivity (Wildman–Crippen MR) is 59.5 cm³/mol. The van der Waals surface area contributed by atoms with Gasteiger partial charge in [-0.1, -0.05) is 12.1 Å². The third kappa shape index (κ3) is 3.14. The van der Waals surface area contributed by atoms with Crippen LogP contribution in [0.5, 0.6) is 5.75 Å². The molecule has 0 saturated heterocycles. The highest BCUT2D eigenvalue weighted by Crippen LogP contribution is 2.19. The van der Waals surface area contributed by atoms with Crippen molar-refractivity contribution in [1.82, 2.24) is 0 Å². The Labute approximate surface area is 86.1 Å². The summed E-state index contributed by atoms with van der Waals surface area (Å²) in [5.74, 6) is 3.57. The lowest BCUT2D eigenvalue weighted by Gasteiger charge is -2.08. The summed E-state index contributed by atoms with van der Waals surface area (Å²) in [6.45, 7) is 4.82. The van der Waals surface area contributed by atoms with Gasteiger partial charge in [0.1, 0.15) is 5.75 Å². The first-order chi connectivity index (χ1) is 6.74. The molecule has 1 aromatic rings. The van der Waals surface area contributed by atoms with Crippen LogP contribution in [-0.2, 0) is 0 Å². The highest BCUT2D eigenvalue weighted by molar-refractivity contribution is 5.35. The smallest absolute Gasteiger partial charge is 0.122 e. The van der Waals surface area contributed by atoms with Gasteiger partial charge in [-0.15, -0.1) is 12.3 Å². The van der Waals surface area contributed by atoms with Crippen molar-refractivity contribution >= 4 is 0 Å². The molecule has 0 atom stereocenters. The predicted octanol–water partition coefficient (Wildman–Crippen LogP) is 3.10. The average Bonchev–Trinajstić information content (AvgIpc) is 2.18. The molecule has 0 radical (unpaired) electrons. The molecule has 1 aromatic carbocycles. The van der Waals surface area contributed by atoms with Gasteiger partial charge in [0.15, 0.2) is 0 Å². The first-order valence-corrected chi connectivity index (χ1v) is 4.87. The monoisotopic (exact) mass is 188 g/mol. The molecule has 0 bridgehead atoms. The van der Waals surface area contributed by atoms with E-state index in [-0.39, 0.29) is 0 Å².